The zero-order valence-corrected chi connectivity index (χ0v) is 80.2. The number of carboxylic acids is 1. The number of hydrogen-bond donors (Lipinski definition) is 5. The summed E-state index contributed by atoms with van der Waals surface area (Å²) in [6, 6.07) is 32.3. The average Bonchev–Trinajstić information content (AvgIpc) is 1.66. The van der Waals surface area contributed by atoms with Crippen LogP contribution in [-0.2, 0) is 23.9 Å². The second kappa shape index (κ2) is 57.1. The molecule has 8 atom stereocenters. The van der Waals surface area contributed by atoms with Crippen molar-refractivity contribution in [3.63, 3.8) is 0 Å². The van der Waals surface area contributed by atoms with Gasteiger partial charge in [-0.15, -0.1) is 45.3 Å². The van der Waals surface area contributed by atoms with E-state index in [0.29, 0.717) is 38.0 Å². The Morgan fingerprint density at radius 2 is 0.637 bits per heavy atom. The van der Waals surface area contributed by atoms with E-state index in [1.807, 2.05) is 131 Å². The van der Waals surface area contributed by atoms with Crippen molar-refractivity contribution in [2.45, 2.75) is 320 Å². The smallest absolute Gasteiger partial charge is 0.870 e. The van der Waals surface area contributed by atoms with Crippen molar-refractivity contribution < 1.29 is 83.4 Å². The number of ether oxygens (including phenoxy) is 1. The molecule has 4 unspecified atom stereocenters. The summed E-state index contributed by atoms with van der Waals surface area (Å²) in [5, 5.41) is 58.1. The first kappa shape index (κ1) is 105. The number of esters is 1. The van der Waals surface area contributed by atoms with Crippen molar-refractivity contribution in [2.75, 3.05) is 49.2 Å². The number of nitrogens with zero attached hydrogens (tertiary/aromatic N) is 8. The Labute approximate surface area is 780 Å². The third-order valence-corrected chi connectivity index (χ3v) is 30.9. The number of aromatic nitrogens is 4. The fraction of sp³-hybridized carbons (Fsp3) is 0.553. The number of carbonyl (C=O) groups excluding carboxylic acids is 5. The fourth-order valence-corrected chi connectivity index (χ4v) is 23.3. The van der Waals surface area contributed by atoms with Crippen LogP contribution in [0.2, 0.25) is 0 Å². The molecule has 0 aliphatic carbocycles. The number of thioether (sulfide) groups is 4. The molecule has 21 nitrogen and oxygen atoms in total. The molecule has 4 fully saturated rings. The number of aryl methyl sites for hydroxylation is 2. The first-order valence-electron chi connectivity index (χ1n) is 44.3. The molecule has 0 bridgehead atoms. The molecule has 6 N–H and O–H groups in total. The van der Waals surface area contributed by atoms with Gasteiger partial charge in [0.15, 0.2) is 20.1 Å². The number of amides is 4. The maximum absolute atomic E-state index is 12.6. The Bertz CT molecular complexity index is 4310. The number of anilines is 4. The van der Waals surface area contributed by atoms with Crippen molar-refractivity contribution in [3.05, 3.63) is 164 Å². The third-order valence-electron chi connectivity index (χ3n) is 22.4. The van der Waals surface area contributed by atoms with Crippen LogP contribution in [-0.4, -0.2) is 140 Å². The SMILES string of the molecule is CCCCCCC(O)c1ccc(N2C(=O)CC[C@@H]2CCSc2nc(C(=O)O)cs2)cc1.CCCCCCC(O)c1ccc(N2C(=O)CC[C@@H]2CCSc2nc(C(=O)OCC)cs2)cc1.CCCCCCC(O)c1ccc(N2C(=O)CC[C@@H]2CCSc2nc(C)cs2)cc1.CCCCCCC(O)c1ccc(N2C(=O)CC[C@@H]2CCSc2nc(C)cs2)cc1.[Li+].[OH-]. The van der Waals surface area contributed by atoms with E-state index in [1.165, 1.54) is 98.6 Å². The second-order valence-electron chi connectivity index (χ2n) is 31.7. The third kappa shape index (κ3) is 33.8. The van der Waals surface area contributed by atoms with Gasteiger partial charge >= 0.3 is 30.8 Å². The number of carbonyl (C=O) groups is 6. The molecule has 0 saturated carbocycles. The summed E-state index contributed by atoms with van der Waals surface area (Å²) in [6.07, 6.45) is 29.3. The van der Waals surface area contributed by atoms with E-state index >= 15 is 0 Å². The molecule has 672 valence electrons. The molecule has 124 heavy (non-hydrogen) atoms. The second-order valence-corrected chi connectivity index (χ2v) is 40.5. The van der Waals surface area contributed by atoms with Crippen LogP contribution in [0, 0.1) is 13.8 Å². The molecule has 4 saturated heterocycles. The first-order chi connectivity index (χ1) is 59.2. The summed E-state index contributed by atoms with van der Waals surface area (Å²) in [4.78, 5) is 98.0. The van der Waals surface area contributed by atoms with Gasteiger partial charge in [0.05, 0.1) is 31.0 Å². The van der Waals surface area contributed by atoms with E-state index in [4.69, 9.17) is 9.84 Å². The zero-order valence-electron chi connectivity index (χ0n) is 73.7. The zero-order chi connectivity index (χ0) is 87.1. The van der Waals surface area contributed by atoms with Gasteiger partial charge in [-0.3, -0.25) is 19.2 Å². The number of hydrogen-bond acceptors (Lipinski definition) is 24. The number of thiazole rings is 4. The minimum Gasteiger partial charge on any atom is -0.870 e. The van der Waals surface area contributed by atoms with E-state index in [9.17, 15) is 49.2 Å². The van der Waals surface area contributed by atoms with Crippen LogP contribution in [0.1, 0.15) is 319 Å². The number of unbranched alkanes of at least 4 members (excludes halogenated alkanes) is 12. The van der Waals surface area contributed by atoms with E-state index in [2.05, 4.69) is 58.4 Å². The Balaban J connectivity index is 0.000000226. The Morgan fingerprint density at radius 3 is 0.871 bits per heavy atom. The topological polar surface area (TPSA) is 307 Å². The van der Waals surface area contributed by atoms with Crippen molar-refractivity contribution in [1.82, 2.24) is 19.9 Å². The van der Waals surface area contributed by atoms with Gasteiger partial charge in [-0.25, -0.2) is 29.5 Å². The van der Waals surface area contributed by atoms with E-state index in [0.717, 1.165) is 212 Å². The van der Waals surface area contributed by atoms with Crippen LogP contribution in [0.25, 0.3) is 0 Å². The predicted octanol–water partition coefficient (Wildman–Crippen LogP) is 20.6. The molecule has 0 spiro atoms. The minimum atomic E-state index is -1.01. The molecule has 8 heterocycles. The Morgan fingerprint density at radius 1 is 0.387 bits per heavy atom. The number of benzene rings is 4. The quantitative estimate of drug-likeness (QED) is 0.0102. The Hall–Kier alpha value is -5.98. The monoisotopic (exact) mass is 1840 g/mol. The van der Waals surface area contributed by atoms with Gasteiger partial charge in [-0.2, -0.15) is 0 Å². The van der Waals surface area contributed by atoms with Crippen molar-refractivity contribution >= 4 is 151 Å². The van der Waals surface area contributed by atoms with Gasteiger partial charge in [0, 0.05) is 129 Å². The van der Waals surface area contributed by atoms with E-state index < -0.39 is 30.4 Å². The maximum Gasteiger partial charge on any atom is 1.00 e. The van der Waals surface area contributed by atoms with Gasteiger partial charge in [-0.1, -0.05) is 226 Å². The maximum atomic E-state index is 12.6. The molecular formula is C94H129LiN8O13S8. The van der Waals surface area contributed by atoms with Crippen LogP contribution in [0.3, 0.4) is 0 Å². The molecule has 12 rings (SSSR count). The number of aromatic carboxylic acids is 1. The molecule has 0 radical (unpaired) electrons. The number of aliphatic hydroxyl groups excluding tert-OH is 4. The van der Waals surface area contributed by atoms with Gasteiger partial charge in [0.1, 0.15) is 8.68 Å². The molecule has 4 aromatic heterocycles. The summed E-state index contributed by atoms with van der Waals surface area (Å²) in [7, 11) is 0. The molecule has 4 aliphatic rings. The van der Waals surface area contributed by atoms with Gasteiger partial charge in [-0.05, 0) is 169 Å². The summed E-state index contributed by atoms with van der Waals surface area (Å²) in [5.74, 6) is 2.83. The fourth-order valence-electron chi connectivity index (χ4n) is 15.6. The number of aliphatic hydroxyl groups is 4. The average molecular weight is 1840 g/mol. The minimum absolute atomic E-state index is 0. The molecule has 30 heteroatoms. The molecule has 4 aromatic carbocycles. The van der Waals surface area contributed by atoms with Crippen LogP contribution < -0.4 is 38.5 Å². The summed E-state index contributed by atoms with van der Waals surface area (Å²) in [6.45, 7) is 14.9. The normalized spacial score (nSPS) is 17.2. The van der Waals surface area contributed by atoms with Crippen molar-refractivity contribution in [2.24, 2.45) is 0 Å². The van der Waals surface area contributed by atoms with Crippen LogP contribution in [0.5, 0.6) is 0 Å². The van der Waals surface area contributed by atoms with Crippen LogP contribution >= 0.6 is 92.4 Å². The van der Waals surface area contributed by atoms with Crippen molar-refractivity contribution in [1.29, 1.82) is 0 Å². The van der Waals surface area contributed by atoms with Gasteiger partial charge in [0.2, 0.25) is 23.6 Å². The largest absolute Gasteiger partial charge is 1.00 e. The summed E-state index contributed by atoms with van der Waals surface area (Å²) < 4.78 is 8.78. The molecule has 4 amide bonds. The standard InChI is InChI=1S/C25H34N2O4S2.C23H30N2O4S2.2C23H32N2O2S2.Li.H2O/c1-3-5-6-7-8-22(28)18-9-11-19(12-10-18)27-20(13-14-23(27)29)15-16-32-25-26-21(17-33-25)24(30)31-4-2;1-2-3-4-5-6-20(26)16-7-9-17(10-8-16)25-18(11-12-21(25)27)13-14-30-23-24-19(15-31-23)22(28)29;2*1-3-4-5-6-7-21(26)18-8-10-19(11-9-18)25-20(12-13-22(25)27)14-15-28-23-24-17(2)16-29-23;;/h9-12,17,20,22,28H,3-8,13-16H2,1-2H3;7-10,15,18,20,26H,2-6,11-14H2,1H3,(H,28,29);2*8-11,16,20-21,26H,3-7,12-15H2,1-2H3;;1H2/q;;;;+1;/p-1/t20-,22?;18-,20?;2*20-,21?;;/m1111../s1. The molecule has 4 aliphatic heterocycles. The van der Waals surface area contributed by atoms with Crippen molar-refractivity contribution in [3.8, 4) is 0 Å². The van der Waals surface area contributed by atoms with Crippen LogP contribution in [0.4, 0.5) is 22.7 Å². The van der Waals surface area contributed by atoms with Gasteiger partial charge < -0.3 is 55.3 Å². The van der Waals surface area contributed by atoms with E-state index in [-0.39, 0.29) is 83.8 Å². The summed E-state index contributed by atoms with van der Waals surface area (Å²) >= 11 is 12.9. The van der Waals surface area contributed by atoms with Crippen LogP contribution in [0.15, 0.2) is 136 Å². The first-order valence-corrected chi connectivity index (χ1v) is 51.7. The number of carboxylic acid groups (broad SMARTS) is 1. The molecular weight excluding hydrogens is 1710 g/mol. The van der Waals surface area contributed by atoms with E-state index in [1.54, 1.807) is 75.6 Å². The summed E-state index contributed by atoms with van der Waals surface area (Å²) in [5.41, 5.74) is 9.97. The molecule has 8 aromatic rings. The Kier molecular flexibility index (Phi) is 48.4. The number of rotatable bonds is 47. The van der Waals surface area contributed by atoms with Gasteiger partial charge in [0.25, 0.3) is 0 Å². The predicted molar refractivity (Wildman–Crippen MR) is 507 cm³/mol.